The normalized spacial score (nSPS) is 10.9. The van der Waals surface area contributed by atoms with Crippen molar-refractivity contribution in [3.05, 3.63) is 51.4 Å². The smallest absolute Gasteiger partial charge is 0.291 e. The Kier molecular flexibility index (Phi) is 2.99. The van der Waals surface area contributed by atoms with E-state index in [2.05, 4.69) is 10.1 Å². The third kappa shape index (κ3) is 1.96. The summed E-state index contributed by atoms with van der Waals surface area (Å²) >= 11 is 5.92. The molecule has 2 heterocycles. The van der Waals surface area contributed by atoms with Crippen LogP contribution in [0.4, 0.5) is 0 Å². The molecule has 0 atom stereocenters. The van der Waals surface area contributed by atoms with Crippen molar-refractivity contribution in [2.75, 3.05) is 7.11 Å². The molecule has 0 bridgehead atoms. The molecule has 0 saturated heterocycles. The van der Waals surface area contributed by atoms with Crippen molar-refractivity contribution in [3.63, 3.8) is 0 Å². The lowest BCUT2D eigenvalue weighted by atomic mass is 10.1. The Bertz CT molecular complexity index is 834. The molecule has 3 aromatic rings. The fourth-order valence-corrected chi connectivity index (χ4v) is 2.16. The zero-order chi connectivity index (χ0) is 14.3. The number of H-pyrrole nitrogens is 1. The van der Waals surface area contributed by atoms with E-state index in [0.29, 0.717) is 11.3 Å². The van der Waals surface area contributed by atoms with E-state index in [1.54, 1.807) is 14.0 Å². The van der Waals surface area contributed by atoms with Crippen LogP contribution in [0, 0.1) is 6.92 Å². The molecular weight excluding hydrogens is 278 g/mol. The highest BCUT2D eigenvalue weighted by atomic mass is 35.5. The highest BCUT2D eigenvalue weighted by Gasteiger charge is 2.11. The van der Waals surface area contributed by atoms with Gasteiger partial charge in [0, 0.05) is 6.07 Å². The number of halogens is 1. The summed E-state index contributed by atoms with van der Waals surface area (Å²) in [5.74, 6) is 0.777. The SMILES string of the molecule is COc1ccc(-c2cc3nc(C)c(Cl)c(=O)n3[nH]2)cc1. The van der Waals surface area contributed by atoms with Crippen LogP contribution in [-0.4, -0.2) is 21.7 Å². The molecule has 2 aromatic heterocycles. The number of rotatable bonds is 2. The molecule has 0 spiro atoms. The van der Waals surface area contributed by atoms with E-state index < -0.39 is 0 Å². The van der Waals surface area contributed by atoms with Crippen LogP contribution in [0.25, 0.3) is 16.9 Å². The van der Waals surface area contributed by atoms with Crippen LogP contribution >= 0.6 is 11.6 Å². The second-order valence-electron chi connectivity index (χ2n) is 4.41. The topological polar surface area (TPSA) is 59.4 Å². The van der Waals surface area contributed by atoms with Gasteiger partial charge in [-0.05, 0) is 36.8 Å². The van der Waals surface area contributed by atoms with Gasteiger partial charge in [-0.2, -0.15) is 4.52 Å². The van der Waals surface area contributed by atoms with Crippen LogP contribution in [0.5, 0.6) is 5.75 Å². The lowest BCUT2D eigenvalue weighted by Crippen LogP contribution is -2.16. The maximum Gasteiger partial charge on any atom is 0.291 e. The van der Waals surface area contributed by atoms with Crippen molar-refractivity contribution in [2.24, 2.45) is 0 Å². The number of methoxy groups -OCH3 is 1. The number of hydrogen-bond acceptors (Lipinski definition) is 3. The molecule has 20 heavy (non-hydrogen) atoms. The van der Waals surface area contributed by atoms with Crippen LogP contribution in [0.15, 0.2) is 35.1 Å². The van der Waals surface area contributed by atoms with Gasteiger partial charge in [-0.1, -0.05) is 11.6 Å². The van der Waals surface area contributed by atoms with Crippen molar-refractivity contribution in [2.45, 2.75) is 6.92 Å². The molecule has 0 aliphatic rings. The van der Waals surface area contributed by atoms with Gasteiger partial charge >= 0.3 is 0 Å². The Labute approximate surface area is 119 Å². The van der Waals surface area contributed by atoms with Crippen LogP contribution in [0.3, 0.4) is 0 Å². The summed E-state index contributed by atoms with van der Waals surface area (Å²) < 4.78 is 6.46. The molecule has 0 fully saturated rings. The summed E-state index contributed by atoms with van der Waals surface area (Å²) in [5, 5.41) is 3.13. The van der Waals surface area contributed by atoms with Gasteiger partial charge in [0.1, 0.15) is 10.8 Å². The number of aromatic amines is 1. The first-order valence-corrected chi connectivity index (χ1v) is 6.40. The number of aryl methyl sites for hydroxylation is 1. The molecule has 0 saturated carbocycles. The highest BCUT2D eigenvalue weighted by molar-refractivity contribution is 6.31. The minimum atomic E-state index is -0.297. The minimum absolute atomic E-state index is 0.130. The quantitative estimate of drug-likeness (QED) is 0.789. The summed E-state index contributed by atoms with van der Waals surface area (Å²) in [4.78, 5) is 16.3. The summed E-state index contributed by atoms with van der Waals surface area (Å²) in [6.45, 7) is 1.71. The van der Waals surface area contributed by atoms with Gasteiger partial charge in [0.05, 0.1) is 18.5 Å². The molecule has 0 radical (unpaired) electrons. The Morgan fingerprint density at radius 1 is 1.30 bits per heavy atom. The molecule has 1 N–H and O–H groups in total. The third-order valence-corrected chi connectivity index (χ3v) is 3.56. The monoisotopic (exact) mass is 289 g/mol. The molecule has 0 aliphatic carbocycles. The Morgan fingerprint density at radius 3 is 2.65 bits per heavy atom. The lowest BCUT2D eigenvalue weighted by molar-refractivity contribution is 0.415. The van der Waals surface area contributed by atoms with Gasteiger partial charge < -0.3 is 4.74 Å². The van der Waals surface area contributed by atoms with Gasteiger partial charge in [-0.3, -0.25) is 9.89 Å². The van der Waals surface area contributed by atoms with E-state index in [9.17, 15) is 4.79 Å². The summed E-state index contributed by atoms with van der Waals surface area (Å²) in [6.07, 6.45) is 0. The minimum Gasteiger partial charge on any atom is -0.497 e. The fraction of sp³-hybridized carbons (Fsp3) is 0.143. The summed E-state index contributed by atoms with van der Waals surface area (Å²) in [6, 6.07) is 9.34. The van der Waals surface area contributed by atoms with E-state index in [0.717, 1.165) is 17.0 Å². The molecule has 0 amide bonds. The summed E-state index contributed by atoms with van der Waals surface area (Å²) in [7, 11) is 1.62. The van der Waals surface area contributed by atoms with Gasteiger partial charge in [-0.25, -0.2) is 4.98 Å². The molecule has 3 rings (SSSR count). The first kappa shape index (κ1) is 12.7. The standard InChI is InChI=1S/C14H12ClN3O2/c1-8-13(15)14(19)18-12(16-8)7-11(17-18)9-3-5-10(20-2)6-4-9/h3-7,17H,1-2H3. The third-order valence-electron chi connectivity index (χ3n) is 3.13. The largest absolute Gasteiger partial charge is 0.497 e. The molecule has 6 heteroatoms. The van der Waals surface area contributed by atoms with Crippen LogP contribution in [-0.2, 0) is 0 Å². The highest BCUT2D eigenvalue weighted by Crippen LogP contribution is 2.22. The van der Waals surface area contributed by atoms with Crippen molar-refractivity contribution < 1.29 is 4.74 Å². The number of ether oxygens (including phenoxy) is 1. The van der Waals surface area contributed by atoms with Gasteiger partial charge in [0.25, 0.3) is 5.56 Å². The number of aromatic nitrogens is 3. The predicted molar refractivity (Wildman–Crippen MR) is 77.5 cm³/mol. The summed E-state index contributed by atoms with van der Waals surface area (Å²) in [5.41, 5.74) is 2.50. The maximum absolute atomic E-state index is 12.0. The van der Waals surface area contributed by atoms with E-state index in [4.69, 9.17) is 16.3 Å². The van der Waals surface area contributed by atoms with E-state index in [1.165, 1.54) is 4.52 Å². The maximum atomic E-state index is 12.0. The van der Waals surface area contributed by atoms with Crippen molar-refractivity contribution in [1.29, 1.82) is 0 Å². The first-order valence-electron chi connectivity index (χ1n) is 6.02. The van der Waals surface area contributed by atoms with E-state index in [-0.39, 0.29) is 10.6 Å². The second kappa shape index (κ2) is 4.68. The average Bonchev–Trinajstić information content (AvgIpc) is 2.89. The zero-order valence-electron chi connectivity index (χ0n) is 11.0. The number of nitrogens with one attached hydrogen (secondary N) is 1. The molecule has 0 aliphatic heterocycles. The first-order chi connectivity index (χ1) is 9.60. The van der Waals surface area contributed by atoms with E-state index >= 15 is 0 Å². The van der Waals surface area contributed by atoms with Gasteiger partial charge in [0.15, 0.2) is 5.65 Å². The van der Waals surface area contributed by atoms with Crippen LogP contribution < -0.4 is 10.3 Å². The zero-order valence-corrected chi connectivity index (χ0v) is 11.7. The van der Waals surface area contributed by atoms with E-state index in [1.807, 2.05) is 30.3 Å². The molecule has 1 aromatic carbocycles. The lowest BCUT2D eigenvalue weighted by Gasteiger charge is -2.00. The number of fused-ring (bicyclic) bond motifs is 1. The van der Waals surface area contributed by atoms with Crippen LogP contribution in [0.1, 0.15) is 5.69 Å². The Balaban J connectivity index is 2.17. The number of hydrogen-bond donors (Lipinski definition) is 1. The van der Waals surface area contributed by atoms with Crippen molar-refractivity contribution in [3.8, 4) is 17.0 Å². The Morgan fingerprint density at radius 2 is 2.00 bits per heavy atom. The molecule has 102 valence electrons. The van der Waals surface area contributed by atoms with Gasteiger partial charge in [-0.15, -0.1) is 0 Å². The predicted octanol–water partition coefficient (Wildman–Crippen LogP) is 2.66. The Hall–Kier alpha value is -2.27. The molecular formula is C14H12ClN3O2. The molecule has 5 nitrogen and oxygen atoms in total. The number of nitrogens with zero attached hydrogens (tertiary/aromatic N) is 2. The number of benzene rings is 1. The molecule has 0 unspecified atom stereocenters. The van der Waals surface area contributed by atoms with Gasteiger partial charge in [0.2, 0.25) is 0 Å². The average molecular weight is 290 g/mol. The fourth-order valence-electron chi connectivity index (χ4n) is 2.03. The van der Waals surface area contributed by atoms with Crippen molar-refractivity contribution >= 4 is 17.2 Å². The second-order valence-corrected chi connectivity index (χ2v) is 4.79. The van der Waals surface area contributed by atoms with Crippen molar-refractivity contribution in [1.82, 2.24) is 14.6 Å². The van der Waals surface area contributed by atoms with Crippen LogP contribution in [0.2, 0.25) is 5.02 Å².